The molecule has 0 spiro atoms. The molecule has 8 nitrogen and oxygen atoms in total. The number of aryl methyl sites for hydroxylation is 1. The molecule has 0 unspecified atom stereocenters. The number of aromatic hydroxyl groups is 1. The molecule has 0 aliphatic carbocycles. The fraction of sp³-hybridized carbons (Fsp3) is 0.0588. The van der Waals surface area contributed by atoms with E-state index in [0.29, 0.717) is 20.4 Å². The van der Waals surface area contributed by atoms with Crippen molar-refractivity contribution in [3.05, 3.63) is 48.0 Å². The SMILES string of the molecule is Cc1ccccc1N=Nc1ccc2c(N(O)SO)cc(SN)c(N)c2c1O. The number of hydrogen-bond acceptors (Lipinski definition) is 10. The number of phenols is 1. The van der Waals surface area contributed by atoms with E-state index in [0.717, 1.165) is 17.5 Å². The monoisotopic (exact) mass is 403 g/mol. The van der Waals surface area contributed by atoms with E-state index in [1.165, 1.54) is 6.07 Å². The van der Waals surface area contributed by atoms with Crippen molar-refractivity contribution in [3.63, 3.8) is 0 Å². The van der Waals surface area contributed by atoms with E-state index in [2.05, 4.69) is 10.2 Å². The van der Waals surface area contributed by atoms with E-state index in [4.69, 9.17) is 15.4 Å². The van der Waals surface area contributed by atoms with Crippen molar-refractivity contribution < 1.29 is 14.9 Å². The molecule has 3 aromatic carbocycles. The molecule has 0 atom stereocenters. The lowest BCUT2D eigenvalue weighted by molar-refractivity contribution is 0.325. The first-order valence-corrected chi connectivity index (χ1v) is 9.31. The number of nitrogen functional groups attached to an aromatic ring is 1. The van der Waals surface area contributed by atoms with Gasteiger partial charge in [0, 0.05) is 10.3 Å². The predicted molar refractivity (Wildman–Crippen MR) is 110 cm³/mol. The van der Waals surface area contributed by atoms with Crippen molar-refractivity contribution in [1.29, 1.82) is 0 Å². The molecule has 0 saturated heterocycles. The lowest BCUT2D eigenvalue weighted by atomic mass is 10.0. The molecule has 0 heterocycles. The number of nitrogens with two attached hydrogens (primary N) is 2. The third-order valence-corrected chi connectivity index (χ3v) is 4.97. The molecule has 0 aromatic heterocycles. The van der Waals surface area contributed by atoms with Crippen molar-refractivity contribution >= 4 is 57.7 Å². The summed E-state index contributed by atoms with van der Waals surface area (Å²) < 4.78 is 9.72. The Morgan fingerprint density at radius 2 is 1.78 bits per heavy atom. The first-order valence-electron chi connectivity index (χ1n) is 7.70. The molecular formula is C17H17N5O3S2. The zero-order chi connectivity index (χ0) is 19.6. The summed E-state index contributed by atoms with van der Waals surface area (Å²) in [6, 6.07) is 12.2. The number of benzene rings is 3. The number of rotatable bonds is 5. The molecule has 0 amide bonds. The van der Waals surface area contributed by atoms with Gasteiger partial charge >= 0.3 is 0 Å². The van der Waals surface area contributed by atoms with E-state index in [-0.39, 0.29) is 40.4 Å². The summed E-state index contributed by atoms with van der Waals surface area (Å²) in [6.07, 6.45) is 0. The number of azo groups is 1. The Kier molecular flexibility index (Phi) is 5.73. The Balaban J connectivity index is 2.19. The lowest BCUT2D eigenvalue weighted by Crippen LogP contribution is -2.08. The third-order valence-electron chi connectivity index (χ3n) is 4.03. The van der Waals surface area contributed by atoms with Gasteiger partial charge in [-0.15, -0.1) is 5.11 Å². The highest BCUT2D eigenvalue weighted by molar-refractivity contribution is 7.97. The van der Waals surface area contributed by atoms with Gasteiger partial charge in [0.2, 0.25) is 0 Å². The van der Waals surface area contributed by atoms with Crippen molar-refractivity contribution in [2.45, 2.75) is 11.8 Å². The Morgan fingerprint density at radius 3 is 2.44 bits per heavy atom. The summed E-state index contributed by atoms with van der Waals surface area (Å²) in [5.41, 5.74) is 8.43. The van der Waals surface area contributed by atoms with Gasteiger partial charge in [-0.2, -0.15) is 9.58 Å². The largest absolute Gasteiger partial charge is 0.505 e. The van der Waals surface area contributed by atoms with Crippen LogP contribution in [0.5, 0.6) is 5.75 Å². The number of phenolic OH excluding ortho intramolecular Hbond substituents is 1. The molecule has 3 aromatic rings. The van der Waals surface area contributed by atoms with Crippen LogP contribution in [0.4, 0.5) is 22.7 Å². The van der Waals surface area contributed by atoms with Crippen LogP contribution in [0.15, 0.2) is 57.6 Å². The van der Waals surface area contributed by atoms with Gasteiger partial charge in [-0.05, 0) is 48.7 Å². The number of hydrogen-bond donors (Lipinski definition) is 5. The topological polar surface area (TPSA) is 141 Å². The van der Waals surface area contributed by atoms with Gasteiger partial charge in [-0.1, -0.05) is 18.2 Å². The Morgan fingerprint density at radius 1 is 1.07 bits per heavy atom. The molecule has 27 heavy (non-hydrogen) atoms. The Labute approximate surface area is 163 Å². The maximum atomic E-state index is 10.7. The molecule has 0 saturated carbocycles. The van der Waals surface area contributed by atoms with Crippen LogP contribution in [0.3, 0.4) is 0 Å². The molecule has 3 rings (SSSR count). The van der Waals surface area contributed by atoms with Gasteiger partial charge in [0.15, 0.2) is 5.75 Å². The zero-order valence-corrected chi connectivity index (χ0v) is 15.8. The van der Waals surface area contributed by atoms with Gasteiger partial charge in [0.25, 0.3) is 0 Å². The number of anilines is 2. The first kappa shape index (κ1) is 19.3. The first-order chi connectivity index (χ1) is 13.0. The minimum Gasteiger partial charge on any atom is -0.505 e. The van der Waals surface area contributed by atoms with E-state index >= 15 is 0 Å². The molecule has 10 heteroatoms. The van der Waals surface area contributed by atoms with Crippen LogP contribution >= 0.6 is 24.2 Å². The quantitative estimate of drug-likeness (QED) is 0.130. The van der Waals surface area contributed by atoms with E-state index in [9.17, 15) is 10.3 Å². The van der Waals surface area contributed by atoms with Crippen molar-refractivity contribution in [1.82, 2.24) is 0 Å². The molecule has 7 N–H and O–H groups in total. The van der Waals surface area contributed by atoms with Gasteiger partial charge in [-0.3, -0.25) is 10.3 Å². The molecular weight excluding hydrogens is 386 g/mol. The average molecular weight is 403 g/mol. The highest BCUT2D eigenvalue weighted by atomic mass is 32.2. The van der Waals surface area contributed by atoms with Crippen LogP contribution in [0, 0.1) is 6.92 Å². The number of fused-ring (bicyclic) bond motifs is 1. The molecule has 0 radical (unpaired) electrons. The second kappa shape index (κ2) is 8.03. The predicted octanol–water partition coefficient (Wildman–Crippen LogP) is 5.13. The lowest BCUT2D eigenvalue weighted by Gasteiger charge is -2.18. The highest BCUT2D eigenvalue weighted by Crippen LogP contribution is 2.46. The summed E-state index contributed by atoms with van der Waals surface area (Å²) in [4.78, 5) is 0.425. The Bertz CT molecular complexity index is 1030. The van der Waals surface area contributed by atoms with E-state index < -0.39 is 0 Å². The summed E-state index contributed by atoms with van der Waals surface area (Å²) in [6.45, 7) is 1.91. The summed E-state index contributed by atoms with van der Waals surface area (Å²) >= 11 is 0.972. The molecule has 0 aliphatic heterocycles. The van der Waals surface area contributed by atoms with Crippen LogP contribution in [-0.2, 0) is 0 Å². The zero-order valence-electron chi connectivity index (χ0n) is 14.2. The number of nitrogens with zero attached hydrogens (tertiary/aromatic N) is 3. The maximum absolute atomic E-state index is 10.7. The van der Waals surface area contributed by atoms with Crippen LogP contribution in [-0.4, -0.2) is 14.9 Å². The molecule has 0 aliphatic rings. The second-order valence-electron chi connectivity index (χ2n) is 5.62. The van der Waals surface area contributed by atoms with Gasteiger partial charge < -0.3 is 15.4 Å². The summed E-state index contributed by atoms with van der Waals surface area (Å²) in [5.74, 6) is -0.198. The fourth-order valence-electron chi connectivity index (χ4n) is 2.63. The minimum atomic E-state index is -0.198. The van der Waals surface area contributed by atoms with Crippen LogP contribution < -0.4 is 15.3 Å². The van der Waals surface area contributed by atoms with E-state index in [1.807, 2.05) is 31.2 Å². The van der Waals surface area contributed by atoms with E-state index in [1.54, 1.807) is 12.1 Å². The third kappa shape index (κ3) is 3.66. The molecule has 140 valence electrons. The van der Waals surface area contributed by atoms with Crippen molar-refractivity contribution in [2.24, 2.45) is 15.4 Å². The highest BCUT2D eigenvalue weighted by Gasteiger charge is 2.19. The minimum absolute atomic E-state index is 0.111. The maximum Gasteiger partial charge on any atom is 0.153 e. The Hall–Kier alpha value is -2.50. The molecule has 0 fully saturated rings. The van der Waals surface area contributed by atoms with Gasteiger partial charge in [0.05, 0.1) is 22.4 Å². The smallest absolute Gasteiger partial charge is 0.153 e. The van der Waals surface area contributed by atoms with Crippen molar-refractivity contribution in [2.75, 3.05) is 10.2 Å². The van der Waals surface area contributed by atoms with Gasteiger partial charge in [0.1, 0.15) is 17.9 Å². The molecule has 0 bridgehead atoms. The second-order valence-corrected chi connectivity index (χ2v) is 6.81. The summed E-state index contributed by atoms with van der Waals surface area (Å²) in [5, 5.41) is 35.3. The van der Waals surface area contributed by atoms with Crippen molar-refractivity contribution in [3.8, 4) is 5.75 Å². The van der Waals surface area contributed by atoms with Crippen LogP contribution in [0.25, 0.3) is 10.8 Å². The average Bonchev–Trinajstić information content (AvgIpc) is 2.68. The summed E-state index contributed by atoms with van der Waals surface area (Å²) in [7, 11) is 0. The fourth-order valence-corrected chi connectivity index (χ4v) is 3.28. The normalized spacial score (nSPS) is 11.4. The van der Waals surface area contributed by atoms with Gasteiger partial charge in [-0.25, -0.2) is 0 Å². The standard InChI is InChI=1S/C17H17N5O3S2/c1-9-4-2-3-5-11(9)20-21-12-7-6-10-13(22(24)27-25)8-14(26-19)16(18)15(10)17(12)23/h2-8,23-25H,18-19H2,1H3. The van der Waals surface area contributed by atoms with Crippen LogP contribution in [0.2, 0.25) is 0 Å². The van der Waals surface area contributed by atoms with Crippen LogP contribution in [0.1, 0.15) is 5.56 Å².